The fraction of sp³-hybridized carbons (Fsp3) is 0.333. The number of carbonyl (C=O) groups excluding carboxylic acids is 2. The Hall–Kier alpha value is -3.03. The molecule has 2 atom stereocenters. The molecule has 5 rings (SSSR count). The quantitative estimate of drug-likeness (QED) is 0.527. The highest BCUT2D eigenvalue weighted by molar-refractivity contribution is 5.95. The summed E-state index contributed by atoms with van der Waals surface area (Å²) in [6.07, 6.45) is 2.53. The molecule has 1 heterocycles. The van der Waals surface area contributed by atoms with Crippen molar-refractivity contribution in [3.63, 3.8) is 0 Å². The highest BCUT2D eigenvalue weighted by Gasteiger charge is 2.40. The smallest absolute Gasteiger partial charge is 0.251 e. The van der Waals surface area contributed by atoms with Crippen LogP contribution in [0, 0.1) is 17.6 Å². The van der Waals surface area contributed by atoms with E-state index in [1.165, 1.54) is 6.07 Å². The van der Waals surface area contributed by atoms with E-state index in [1.54, 1.807) is 0 Å². The SMILES string of the molecule is Cl.O=C(NC1CCNCC1C(=O)N(Cc1cccc2ccccc12)C1CC1)c1ccc(F)c(F)c1. The van der Waals surface area contributed by atoms with Gasteiger partial charge in [-0.15, -0.1) is 12.4 Å². The van der Waals surface area contributed by atoms with Crippen LogP contribution in [0.1, 0.15) is 35.2 Å². The van der Waals surface area contributed by atoms with E-state index >= 15 is 0 Å². The zero-order chi connectivity index (χ0) is 23.7. The van der Waals surface area contributed by atoms with E-state index in [0.717, 1.165) is 41.3 Å². The molecule has 0 radical (unpaired) electrons. The molecule has 35 heavy (non-hydrogen) atoms. The fourth-order valence-corrected chi connectivity index (χ4v) is 4.78. The van der Waals surface area contributed by atoms with Crippen LogP contribution in [0.3, 0.4) is 0 Å². The third-order valence-corrected chi connectivity index (χ3v) is 6.79. The highest BCUT2D eigenvalue weighted by Crippen LogP contribution is 2.32. The van der Waals surface area contributed by atoms with Crippen molar-refractivity contribution in [3.05, 3.63) is 83.4 Å². The molecule has 2 amide bonds. The molecule has 1 saturated heterocycles. The first kappa shape index (κ1) is 25.1. The third kappa shape index (κ3) is 5.46. The van der Waals surface area contributed by atoms with Crippen LogP contribution in [0.25, 0.3) is 10.8 Å². The Balaban J connectivity index is 0.00000289. The topological polar surface area (TPSA) is 61.4 Å². The van der Waals surface area contributed by atoms with Crippen molar-refractivity contribution in [2.24, 2.45) is 5.92 Å². The molecule has 1 aliphatic carbocycles. The molecule has 1 saturated carbocycles. The second-order valence-corrected chi connectivity index (χ2v) is 9.14. The number of hydrogen-bond acceptors (Lipinski definition) is 3. The average molecular weight is 500 g/mol. The Morgan fingerprint density at radius 1 is 0.971 bits per heavy atom. The van der Waals surface area contributed by atoms with Gasteiger partial charge < -0.3 is 15.5 Å². The number of carbonyl (C=O) groups is 2. The van der Waals surface area contributed by atoms with Gasteiger partial charge >= 0.3 is 0 Å². The van der Waals surface area contributed by atoms with E-state index in [4.69, 9.17) is 0 Å². The molecule has 184 valence electrons. The molecular weight excluding hydrogens is 472 g/mol. The minimum Gasteiger partial charge on any atom is -0.348 e. The molecule has 2 fully saturated rings. The van der Waals surface area contributed by atoms with Crippen LogP contribution in [0.15, 0.2) is 60.7 Å². The molecule has 5 nitrogen and oxygen atoms in total. The van der Waals surface area contributed by atoms with Gasteiger partial charge in [0, 0.05) is 30.7 Å². The number of piperidine rings is 1. The maximum absolute atomic E-state index is 13.8. The summed E-state index contributed by atoms with van der Waals surface area (Å²) in [5.74, 6) is -2.99. The van der Waals surface area contributed by atoms with E-state index < -0.39 is 23.5 Å². The average Bonchev–Trinajstić information content (AvgIpc) is 3.69. The zero-order valence-corrected chi connectivity index (χ0v) is 20.0. The van der Waals surface area contributed by atoms with E-state index in [0.29, 0.717) is 26.1 Å². The number of halogens is 3. The van der Waals surface area contributed by atoms with Crippen molar-refractivity contribution >= 4 is 35.0 Å². The second kappa shape index (κ2) is 10.7. The Bertz CT molecular complexity index is 1230. The second-order valence-electron chi connectivity index (χ2n) is 9.14. The van der Waals surface area contributed by atoms with Crippen LogP contribution >= 0.6 is 12.4 Å². The molecule has 0 spiro atoms. The summed E-state index contributed by atoms with van der Waals surface area (Å²) in [7, 11) is 0. The molecule has 8 heteroatoms. The monoisotopic (exact) mass is 499 g/mol. The van der Waals surface area contributed by atoms with Gasteiger partial charge in [0.05, 0.1) is 5.92 Å². The van der Waals surface area contributed by atoms with E-state index in [-0.39, 0.29) is 36.0 Å². The summed E-state index contributed by atoms with van der Waals surface area (Å²) >= 11 is 0. The standard InChI is InChI=1S/C27H27F2N3O2.ClH/c28-23-11-8-18(14-24(23)29)26(33)31-25-12-13-30-15-22(25)27(34)32(20-9-10-20)16-19-6-3-5-17-4-1-2-7-21(17)19;/h1-8,11,14,20,22,25,30H,9-10,12-13,15-16H2,(H,31,33);1H. The Morgan fingerprint density at radius 2 is 1.74 bits per heavy atom. The van der Waals surface area contributed by atoms with Crippen LogP contribution in [-0.2, 0) is 11.3 Å². The van der Waals surface area contributed by atoms with Crippen LogP contribution in [0.5, 0.6) is 0 Å². The van der Waals surface area contributed by atoms with E-state index in [1.807, 2.05) is 23.1 Å². The number of rotatable bonds is 6. The maximum atomic E-state index is 13.8. The number of nitrogens with one attached hydrogen (secondary N) is 2. The lowest BCUT2D eigenvalue weighted by Gasteiger charge is -2.36. The van der Waals surface area contributed by atoms with Gasteiger partial charge in [-0.05, 0) is 60.3 Å². The van der Waals surface area contributed by atoms with Crippen molar-refractivity contribution in [3.8, 4) is 0 Å². The van der Waals surface area contributed by atoms with Crippen LogP contribution < -0.4 is 10.6 Å². The van der Waals surface area contributed by atoms with Crippen molar-refractivity contribution in [2.45, 2.75) is 37.9 Å². The number of hydrogen-bond donors (Lipinski definition) is 2. The van der Waals surface area contributed by atoms with Crippen molar-refractivity contribution in [1.29, 1.82) is 0 Å². The lowest BCUT2D eigenvalue weighted by Crippen LogP contribution is -2.55. The summed E-state index contributed by atoms with van der Waals surface area (Å²) in [4.78, 5) is 28.5. The van der Waals surface area contributed by atoms with Crippen LogP contribution in [-0.4, -0.2) is 41.9 Å². The summed E-state index contributed by atoms with van der Waals surface area (Å²) in [5, 5.41) is 8.45. The normalized spacial score (nSPS) is 19.6. The van der Waals surface area contributed by atoms with Gasteiger partial charge in [-0.1, -0.05) is 42.5 Å². The largest absolute Gasteiger partial charge is 0.348 e. The predicted octanol–water partition coefficient (Wildman–Crippen LogP) is 4.44. The maximum Gasteiger partial charge on any atom is 0.251 e. The summed E-state index contributed by atoms with van der Waals surface area (Å²) in [6, 6.07) is 17.2. The number of nitrogens with zero attached hydrogens (tertiary/aromatic N) is 1. The lowest BCUT2D eigenvalue weighted by atomic mass is 9.91. The summed E-state index contributed by atoms with van der Waals surface area (Å²) < 4.78 is 26.9. The van der Waals surface area contributed by atoms with Gasteiger partial charge in [0.25, 0.3) is 5.91 Å². The van der Waals surface area contributed by atoms with Crippen molar-refractivity contribution in [1.82, 2.24) is 15.5 Å². The number of amides is 2. The summed E-state index contributed by atoms with van der Waals surface area (Å²) in [6.45, 7) is 1.64. The Morgan fingerprint density at radius 3 is 2.51 bits per heavy atom. The predicted molar refractivity (Wildman–Crippen MR) is 133 cm³/mol. The number of fused-ring (bicyclic) bond motifs is 1. The zero-order valence-electron chi connectivity index (χ0n) is 19.2. The van der Waals surface area contributed by atoms with Gasteiger partial charge in [-0.3, -0.25) is 9.59 Å². The highest BCUT2D eigenvalue weighted by atomic mass is 35.5. The molecular formula is C27H28ClF2N3O2. The first-order valence-electron chi connectivity index (χ1n) is 11.7. The summed E-state index contributed by atoms with van der Waals surface area (Å²) in [5.41, 5.74) is 1.14. The molecule has 2 N–H and O–H groups in total. The number of benzene rings is 3. The molecule has 0 bridgehead atoms. The lowest BCUT2D eigenvalue weighted by molar-refractivity contribution is -0.138. The molecule has 2 unspecified atom stereocenters. The first-order chi connectivity index (χ1) is 16.5. The minimum atomic E-state index is -1.07. The van der Waals surface area contributed by atoms with Gasteiger partial charge in [0.2, 0.25) is 5.91 Å². The van der Waals surface area contributed by atoms with Crippen molar-refractivity contribution in [2.75, 3.05) is 13.1 Å². The first-order valence-corrected chi connectivity index (χ1v) is 11.7. The molecule has 3 aromatic carbocycles. The third-order valence-electron chi connectivity index (χ3n) is 6.79. The molecule has 2 aliphatic rings. The Labute approximate surface area is 209 Å². The van der Waals surface area contributed by atoms with Crippen LogP contribution in [0.2, 0.25) is 0 Å². The minimum absolute atomic E-state index is 0. The van der Waals surface area contributed by atoms with Gasteiger partial charge in [0.15, 0.2) is 11.6 Å². The van der Waals surface area contributed by atoms with E-state index in [9.17, 15) is 18.4 Å². The van der Waals surface area contributed by atoms with Gasteiger partial charge in [-0.25, -0.2) is 8.78 Å². The van der Waals surface area contributed by atoms with Gasteiger partial charge in [-0.2, -0.15) is 0 Å². The molecule has 0 aromatic heterocycles. The Kier molecular flexibility index (Phi) is 7.67. The molecule has 3 aromatic rings. The van der Waals surface area contributed by atoms with Crippen molar-refractivity contribution < 1.29 is 18.4 Å². The van der Waals surface area contributed by atoms with Crippen LogP contribution in [0.4, 0.5) is 8.78 Å². The molecule has 1 aliphatic heterocycles. The van der Waals surface area contributed by atoms with E-state index in [2.05, 4.69) is 34.9 Å². The fourth-order valence-electron chi connectivity index (χ4n) is 4.78. The van der Waals surface area contributed by atoms with Gasteiger partial charge in [0.1, 0.15) is 0 Å².